The Morgan fingerprint density at radius 1 is 0.822 bits per heavy atom. The zero-order chi connectivity index (χ0) is 31.8. The number of thiazole rings is 1. The molecule has 0 aliphatic heterocycles. The highest BCUT2D eigenvalue weighted by molar-refractivity contribution is 7.99. The van der Waals surface area contributed by atoms with Crippen LogP contribution in [0.3, 0.4) is 0 Å². The van der Waals surface area contributed by atoms with E-state index in [4.69, 9.17) is 23.9 Å². The third-order valence-electron chi connectivity index (χ3n) is 6.86. The molecule has 0 aliphatic rings. The van der Waals surface area contributed by atoms with E-state index in [1.807, 2.05) is 72.1 Å². The molecule has 0 unspecified atom stereocenters. The summed E-state index contributed by atoms with van der Waals surface area (Å²) in [5.41, 5.74) is 4.93. The monoisotopic (exact) mass is 638 g/mol. The van der Waals surface area contributed by atoms with Crippen molar-refractivity contribution in [1.82, 2.24) is 9.97 Å². The Bertz CT molecular complexity index is 1850. The van der Waals surface area contributed by atoms with E-state index in [1.54, 1.807) is 34.5 Å². The van der Waals surface area contributed by atoms with E-state index in [0.717, 1.165) is 11.1 Å². The standard InChI is InChI=1S/C34H30N4O5S2/c1-40-28-14-13-22(17-30(28)42-3)27-20-45-34(37-27)38-31(39)15-16-44-33-25(19-35)24(18-26(36-33)21-9-6-5-7-10-21)23-11-8-12-29(41-2)32(23)43-4/h5-14,17-18,20H,15-16H2,1-4H3,(H,37,38,39). The van der Waals surface area contributed by atoms with Crippen molar-refractivity contribution < 1.29 is 23.7 Å². The van der Waals surface area contributed by atoms with Crippen LogP contribution in [-0.4, -0.2) is 50.1 Å². The SMILES string of the molecule is COc1ccc(-c2csc(NC(=O)CCSc3nc(-c4ccccc4)cc(-c4cccc(OC)c4OC)c3C#N)n2)cc1OC. The fourth-order valence-corrected chi connectivity index (χ4v) is 6.36. The molecule has 2 aromatic heterocycles. The molecule has 228 valence electrons. The van der Waals surface area contributed by atoms with Crippen LogP contribution in [0.4, 0.5) is 5.13 Å². The normalized spacial score (nSPS) is 10.6. The maximum atomic E-state index is 12.9. The first kappa shape index (κ1) is 31.4. The molecule has 0 fully saturated rings. The summed E-state index contributed by atoms with van der Waals surface area (Å²) in [6, 6.07) is 25.1. The third-order valence-corrected chi connectivity index (χ3v) is 8.59. The first-order valence-electron chi connectivity index (χ1n) is 13.8. The first-order chi connectivity index (χ1) is 22.0. The van der Waals surface area contributed by atoms with Crippen LogP contribution < -0.4 is 24.3 Å². The minimum atomic E-state index is -0.192. The molecular formula is C34H30N4O5S2. The van der Waals surface area contributed by atoms with Gasteiger partial charge in [0.05, 0.1) is 45.4 Å². The number of benzene rings is 3. The minimum absolute atomic E-state index is 0.190. The Morgan fingerprint density at radius 3 is 2.31 bits per heavy atom. The van der Waals surface area contributed by atoms with Gasteiger partial charge in [0, 0.05) is 39.8 Å². The topological polar surface area (TPSA) is 116 Å². The molecule has 0 atom stereocenters. The summed E-state index contributed by atoms with van der Waals surface area (Å²) in [5.74, 6) is 2.50. The zero-order valence-electron chi connectivity index (χ0n) is 25.1. The van der Waals surface area contributed by atoms with Gasteiger partial charge in [0.25, 0.3) is 0 Å². The maximum Gasteiger partial charge on any atom is 0.226 e. The number of para-hydroxylation sites is 1. The predicted molar refractivity (Wildman–Crippen MR) is 178 cm³/mol. The van der Waals surface area contributed by atoms with Crippen molar-refractivity contribution in [3.63, 3.8) is 0 Å². The summed E-state index contributed by atoms with van der Waals surface area (Å²) in [6.45, 7) is 0. The highest BCUT2D eigenvalue weighted by atomic mass is 32.2. The van der Waals surface area contributed by atoms with Gasteiger partial charge >= 0.3 is 0 Å². The molecule has 3 aromatic carbocycles. The number of nitriles is 1. The number of rotatable bonds is 12. The summed E-state index contributed by atoms with van der Waals surface area (Å²) < 4.78 is 21.9. The highest BCUT2D eigenvalue weighted by Gasteiger charge is 2.21. The number of nitrogens with zero attached hydrogens (tertiary/aromatic N) is 3. The molecule has 1 amide bonds. The van der Waals surface area contributed by atoms with E-state index < -0.39 is 0 Å². The molecule has 11 heteroatoms. The first-order valence-corrected chi connectivity index (χ1v) is 15.7. The van der Waals surface area contributed by atoms with Gasteiger partial charge in [-0.25, -0.2) is 9.97 Å². The number of amides is 1. The van der Waals surface area contributed by atoms with Crippen LogP contribution in [0.15, 0.2) is 83.2 Å². The van der Waals surface area contributed by atoms with Crippen LogP contribution in [0.1, 0.15) is 12.0 Å². The lowest BCUT2D eigenvalue weighted by molar-refractivity contribution is -0.115. The zero-order valence-corrected chi connectivity index (χ0v) is 26.8. The Kier molecular flexibility index (Phi) is 10.2. The number of carbonyl (C=O) groups excluding carboxylic acids is 1. The second-order valence-corrected chi connectivity index (χ2v) is 11.5. The van der Waals surface area contributed by atoms with Gasteiger partial charge < -0.3 is 24.3 Å². The summed E-state index contributed by atoms with van der Waals surface area (Å²) in [4.78, 5) is 22.3. The Morgan fingerprint density at radius 2 is 1.60 bits per heavy atom. The highest BCUT2D eigenvalue weighted by Crippen LogP contribution is 2.42. The quantitative estimate of drug-likeness (QED) is 0.138. The van der Waals surface area contributed by atoms with E-state index in [0.29, 0.717) is 67.0 Å². The molecule has 9 nitrogen and oxygen atoms in total. The van der Waals surface area contributed by atoms with Crippen LogP contribution in [-0.2, 0) is 4.79 Å². The Labute approximate surface area is 269 Å². The predicted octanol–water partition coefficient (Wildman–Crippen LogP) is 7.57. The number of nitrogens with one attached hydrogen (secondary N) is 1. The number of thioether (sulfide) groups is 1. The van der Waals surface area contributed by atoms with E-state index in [1.165, 1.54) is 23.1 Å². The largest absolute Gasteiger partial charge is 0.493 e. The summed E-state index contributed by atoms with van der Waals surface area (Å²) in [7, 11) is 6.31. The molecule has 0 saturated heterocycles. The van der Waals surface area contributed by atoms with E-state index in [2.05, 4.69) is 16.4 Å². The van der Waals surface area contributed by atoms with Crippen LogP contribution in [0, 0.1) is 11.3 Å². The fourth-order valence-electron chi connectivity index (χ4n) is 4.68. The molecule has 1 N–H and O–H groups in total. The second kappa shape index (κ2) is 14.6. The number of hydrogen-bond acceptors (Lipinski definition) is 10. The smallest absolute Gasteiger partial charge is 0.226 e. The van der Waals surface area contributed by atoms with Gasteiger partial charge in [-0.3, -0.25) is 4.79 Å². The molecule has 0 radical (unpaired) electrons. The number of pyridine rings is 1. The van der Waals surface area contributed by atoms with Crippen molar-refractivity contribution in [1.29, 1.82) is 5.26 Å². The fraction of sp³-hybridized carbons (Fsp3) is 0.176. The van der Waals surface area contributed by atoms with Crippen molar-refractivity contribution in [3.8, 4) is 62.7 Å². The maximum absolute atomic E-state index is 12.9. The van der Waals surface area contributed by atoms with Crippen molar-refractivity contribution in [3.05, 3.63) is 83.7 Å². The van der Waals surface area contributed by atoms with Crippen molar-refractivity contribution in [2.45, 2.75) is 11.4 Å². The summed E-state index contributed by atoms with van der Waals surface area (Å²) in [6.07, 6.45) is 0.190. The number of methoxy groups -OCH3 is 4. The number of anilines is 1. The number of ether oxygens (including phenoxy) is 4. The van der Waals surface area contributed by atoms with Gasteiger partial charge in [0.1, 0.15) is 11.1 Å². The van der Waals surface area contributed by atoms with Crippen molar-refractivity contribution in [2.75, 3.05) is 39.5 Å². The van der Waals surface area contributed by atoms with Gasteiger partial charge in [-0.15, -0.1) is 23.1 Å². The lowest BCUT2D eigenvalue weighted by Gasteiger charge is -2.16. The third kappa shape index (κ3) is 7.03. The number of hydrogen-bond donors (Lipinski definition) is 1. The molecule has 0 spiro atoms. The van der Waals surface area contributed by atoms with E-state index in [-0.39, 0.29) is 12.3 Å². The molecule has 0 aliphatic carbocycles. The second-order valence-electron chi connectivity index (χ2n) is 9.51. The minimum Gasteiger partial charge on any atom is -0.493 e. The van der Waals surface area contributed by atoms with Crippen LogP contribution in [0.5, 0.6) is 23.0 Å². The molecule has 2 heterocycles. The summed E-state index contributed by atoms with van der Waals surface area (Å²) in [5, 5.41) is 16.1. The van der Waals surface area contributed by atoms with Gasteiger partial charge in [-0.2, -0.15) is 5.26 Å². The molecule has 0 bridgehead atoms. The molecule has 0 saturated carbocycles. The van der Waals surface area contributed by atoms with Gasteiger partial charge in [-0.1, -0.05) is 42.5 Å². The lowest BCUT2D eigenvalue weighted by Crippen LogP contribution is -2.12. The Balaban J connectivity index is 1.36. The Hall–Kier alpha value is -5.05. The number of carbonyl (C=O) groups is 1. The van der Waals surface area contributed by atoms with Crippen molar-refractivity contribution >= 4 is 34.1 Å². The average Bonchev–Trinajstić information content (AvgIpc) is 3.55. The van der Waals surface area contributed by atoms with Crippen LogP contribution in [0.2, 0.25) is 0 Å². The van der Waals surface area contributed by atoms with E-state index in [9.17, 15) is 10.1 Å². The average molecular weight is 639 g/mol. The van der Waals surface area contributed by atoms with Gasteiger partial charge in [0.15, 0.2) is 28.1 Å². The number of aromatic nitrogens is 2. The molecule has 5 rings (SSSR count). The van der Waals surface area contributed by atoms with Crippen molar-refractivity contribution in [2.24, 2.45) is 0 Å². The van der Waals surface area contributed by atoms with E-state index >= 15 is 0 Å². The van der Waals surface area contributed by atoms with Crippen LogP contribution in [0.25, 0.3) is 33.6 Å². The van der Waals surface area contributed by atoms with Gasteiger partial charge in [0.2, 0.25) is 5.91 Å². The van der Waals surface area contributed by atoms with Crippen LogP contribution >= 0.6 is 23.1 Å². The molecule has 5 aromatic rings. The summed E-state index contributed by atoms with van der Waals surface area (Å²) >= 11 is 2.69. The molecule has 45 heavy (non-hydrogen) atoms. The van der Waals surface area contributed by atoms with Gasteiger partial charge in [-0.05, 0) is 30.3 Å². The lowest BCUT2D eigenvalue weighted by atomic mass is 9.98. The molecular weight excluding hydrogens is 609 g/mol.